The Morgan fingerprint density at radius 2 is 1.65 bits per heavy atom. The van der Waals surface area contributed by atoms with Gasteiger partial charge in [0.2, 0.25) is 0 Å². The normalized spacial score (nSPS) is 11.0. The van der Waals surface area contributed by atoms with Gasteiger partial charge in [0.05, 0.1) is 24.6 Å². The molecule has 0 aliphatic rings. The van der Waals surface area contributed by atoms with Gasteiger partial charge in [-0.15, -0.1) is 0 Å². The van der Waals surface area contributed by atoms with E-state index in [2.05, 4.69) is 22.2 Å². The van der Waals surface area contributed by atoms with Crippen molar-refractivity contribution in [2.75, 3.05) is 0 Å². The predicted molar refractivity (Wildman–Crippen MR) is 89.8 cm³/mol. The average molecular weight is 301 g/mol. The smallest absolute Gasteiger partial charge is 0.0992 e. The van der Waals surface area contributed by atoms with Crippen LogP contribution in [-0.2, 0) is 6.61 Å². The molecule has 0 atom stereocenters. The van der Waals surface area contributed by atoms with Gasteiger partial charge in [0.1, 0.15) is 0 Å². The number of pyridine rings is 2. The highest BCUT2D eigenvalue weighted by atomic mass is 16.3. The quantitative estimate of drug-likeness (QED) is 0.629. The number of rotatable bonds is 3. The molecular formula is C19H15N3O. The molecule has 4 heteroatoms. The van der Waals surface area contributed by atoms with Gasteiger partial charge in [-0.2, -0.15) is 0 Å². The first-order chi connectivity index (χ1) is 11.3. The minimum Gasteiger partial charge on any atom is -0.392 e. The van der Waals surface area contributed by atoms with E-state index >= 15 is 0 Å². The monoisotopic (exact) mass is 301 g/mol. The van der Waals surface area contributed by atoms with E-state index in [1.165, 1.54) is 0 Å². The van der Waals surface area contributed by atoms with Crippen molar-refractivity contribution < 1.29 is 5.11 Å². The van der Waals surface area contributed by atoms with Gasteiger partial charge in [0, 0.05) is 24.2 Å². The summed E-state index contributed by atoms with van der Waals surface area (Å²) in [5.74, 6) is 0. The van der Waals surface area contributed by atoms with Crippen molar-refractivity contribution in [2.24, 2.45) is 0 Å². The van der Waals surface area contributed by atoms with Crippen molar-refractivity contribution in [2.45, 2.75) is 6.61 Å². The maximum absolute atomic E-state index is 9.19. The molecule has 0 fully saturated rings. The second-order valence-corrected chi connectivity index (χ2v) is 5.42. The molecule has 4 aromatic rings. The van der Waals surface area contributed by atoms with Crippen molar-refractivity contribution in [3.63, 3.8) is 0 Å². The lowest BCUT2D eigenvalue weighted by Crippen LogP contribution is -1.91. The van der Waals surface area contributed by atoms with Crippen molar-refractivity contribution in [1.29, 1.82) is 0 Å². The predicted octanol–water partition coefficient (Wildman–Crippen LogP) is 3.56. The van der Waals surface area contributed by atoms with E-state index in [-0.39, 0.29) is 6.61 Å². The minimum absolute atomic E-state index is 0.0586. The van der Waals surface area contributed by atoms with E-state index < -0.39 is 0 Å². The van der Waals surface area contributed by atoms with Crippen LogP contribution in [0.2, 0.25) is 0 Å². The van der Waals surface area contributed by atoms with Crippen molar-refractivity contribution in [3.8, 4) is 22.3 Å². The summed E-state index contributed by atoms with van der Waals surface area (Å²) in [7, 11) is 0. The van der Waals surface area contributed by atoms with E-state index in [4.69, 9.17) is 0 Å². The van der Waals surface area contributed by atoms with Crippen molar-refractivity contribution >= 4 is 5.52 Å². The minimum atomic E-state index is 0.0586. The molecule has 1 N–H and O–H groups in total. The summed E-state index contributed by atoms with van der Waals surface area (Å²) < 4.78 is 2.03. The van der Waals surface area contributed by atoms with Crippen LogP contribution in [0.5, 0.6) is 0 Å². The molecule has 0 amide bonds. The van der Waals surface area contributed by atoms with Gasteiger partial charge in [-0.05, 0) is 40.5 Å². The van der Waals surface area contributed by atoms with Crippen LogP contribution in [0, 0.1) is 0 Å². The number of nitrogens with zero attached hydrogens (tertiary/aromatic N) is 3. The van der Waals surface area contributed by atoms with E-state index in [0.717, 1.165) is 33.3 Å². The first kappa shape index (κ1) is 13.7. The Labute approximate surface area is 133 Å². The summed E-state index contributed by atoms with van der Waals surface area (Å²) in [5.41, 5.74) is 6.41. The maximum Gasteiger partial charge on any atom is 0.0992 e. The van der Waals surface area contributed by atoms with Crippen LogP contribution >= 0.6 is 0 Å². The lowest BCUT2D eigenvalue weighted by Gasteiger charge is -2.10. The van der Waals surface area contributed by atoms with Crippen LogP contribution in [-0.4, -0.2) is 19.5 Å². The fourth-order valence-corrected chi connectivity index (χ4v) is 2.76. The van der Waals surface area contributed by atoms with Crippen molar-refractivity contribution in [1.82, 2.24) is 14.4 Å². The molecule has 1 aromatic carbocycles. The molecule has 0 unspecified atom stereocenters. The summed E-state index contributed by atoms with van der Waals surface area (Å²) in [5, 5.41) is 9.19. The summed E-state index contributed by atoms with van der Waals surface area (Å²) in [6, 6.07) is 14.1. The van der Waals surface area contributed by atoms with Gasteiger partial charge in [0.15, 0.2) is 0 Å². The van der Waals surface area contributed by atoms with Gasteiger partial charge < -0.3 is 9.51 Å². The Morgan fingerprint density at radius 3 is 2.39 bits per heavy atom. The molecule has 0 bridgehead atoms. The van der Waals surface area contributed by atoms with Crippen LogP contribution in [0.25, 0.3) is 27.8 Å². The van der Waals surface area contributed by atoms with E-state index in [9.17, 15) is 5.11 Å². The Balaban J connectivity index is 1.91. The fraction of sp³-hybridized carbons (Fsp3) is 0.0526. The van der Waals surface area contributed by atoms with E-state index in [1.807, 2.05) is 53.3 Å². The first-order valence-corrected chi connectivity index (χ1v) is 7.41. The fourth-order valence-electron chi connectivity index (χ4n) is 2.76. The van der Waals surface area contributed by atoms with Gasteiger partial charge in [-0.3, -0.25) is 4.98 Å². The molecule has 112 valence electrons. The van der Waals surface area contributed by atoms with Crippen molar-refractivity contribution in [3.05, 3.63) is 79.1 Å². The molecule has 0 saturated heterocycles. The average Bonchev–Trinajstić information content (AvgIpc) is 3.10. The molecule has 0 saturated carbocycles. The number of hydrogen-bond donors (Lipinski definition) is 1. The zero-order valence-electron chi connectivity index (χ0n) is 12.4. The highest BCUT2D eigenvalue weighted by molar-refractivity contribution is 5.84. The number of imidazole rings is 1. The zero-order valence-corrected chi connectivity index (χ0v) is 12.4. The molecule has 3 aromatic heterocycles. The Hall–Kier alpha value is -2.98. The topological polar surface area (TPSA) is 50.4 Å². The summed E-state index contributed by atoms with van der Waals surface area (Å²) >= 11 is 0. The van der Waals surface area contributed by atoms with Gasteiger partial charge in [-0.1, -0.05) is 24.3 Å². The SMILES string of the molecule is OCc1ccc(-c2cc(-c3ccncc3)c3cncn3c2)cc1. The van der Waals surface area contributed by atoms with E-state index in [0.29, 0.717) is 0 Å². The number of hydrogen-bond acceptors (Lipinski definition) is 3. The molecule has 3 heterocycles. The molecule has 0 aliphatic carbocycles. The third-order valence-corrected chi connectivity index (χ3v) is 3.98. The molecule has 0 spiro atoms. The molecule has 4 nitrogen and oxygen atoms in total. The van der Waals surface area contributed by atoms with Crippen LogP contribution < -0.4 is 0 Å². The van der Waals surface area contributed by atoms with Gasteiger partial charge >= 0.3 is 0 Å². The molecule has 0 radical (unpaired) electrons. The molecule has 0 aliphatic heterocycles. The number of aliphatic hydroxyl groups is 1. The lowest BCUT2D eigenvalue weighted by atomic mass is 10.0. The van der Waals surface area contributed by atoms with Gasteiger partial charge in [-0.25, -0.2) is 4.98 Å². The highest BCUT2D eigenvalue weighted by Gasteiger charge is 2.08. The van der Waals surface area contributed by atoms with E-state index in [1.54, 1.807) is 12.4 Å². The summed E-state index contributed by atoms with van der Waals surface area (Å²) in [4.78, 5) is 8.36. The number of aromatic nitrogens is 3. The maximum atomic E-state index is 9.19. The first-order valence-electron chi connectivity index (χ1n) is 7.41. The molecular weight excluding hydrogens is 286 g/mol. The highest BCUT2D eigenvalue weighted by Crippen LogP contribution is 2.30. The largest absolute Gasteiger partial charge is 0.392 e. The molecule has 4 rings (SSSR count). The van der Waals surface area contributed by atoms with Crippen LogP contribution in [0.3, 0.4) is 0 Å². The summed E-state index contributed by atoms with van der Waals surface area (Å²) in [6.07, 6.45) is 9.34. The molecule has 23 heavy (non-hydrogen) atoms. The summed E-state index contributed by atoms with van der Waals surface area (Å²) in [6.45, 7) is 0.0586. The Morgan fingerprint density at radius 1 is 0.870 bits per heavy atom. The second kappa shape index (κ2) is 5.66. The standard InChI is InChI=1S/C19H15N3O/c23-12-14-1-3-15(4-2-14)17-9-18(16-5-7-20-8-6-16)19-10-21-13-22(19)11-17/h1-11,13,23H,12H2. The lowest BCUT2D eigenvalue weighted by molar-refractivity contribution is 0.282. The Kier molecular flexibility index (Phi) is 3.37. The third kappa shape index (κ3) is 2.49. The third-order valence-electron chi connectivity index (χ3n) is 3.98. The van der Waals surface area contributed by atoms with Crippen LogP contribution in [0.1, 0.15) is 5.56 Å². The second-order valence-electron chi connectivity index (χ2n) is 5.42. The van der Waals surface area contributed by atoms with Crippen LogP contribution in [0.4, 0.5) is 0 Å². The number of aliphatic hydroxyl groups excluding tert-OH is 1. The number of fused-ring (bicyclic) bond motifs is 1. The van der Waals surface area contributed by atoms with Crippen LogP contribution in [0.15, 0.2) is 73.6 Å². The Bertz CT molecular complexity index is 943. The number of benzene rings is 1. The zero-order chi connectivity index (χ0) is 15.6. The van der Waals surface area contributed by atoms with Gasteiger partial charge in [0.25, 0.3) is 0 Å².